The van der Waals surface area contributed by atoms with E-state index < -0.39 is 13.7 Å². The Morgan fingerprint density at radius 2 is 0.822 bits per heavy atom. The van der Waals surface area contributed by atoms with Crippen molar-refractivity contribution in [1.82, 2.24) is 0 Å². The van der Waals surface area contributed by atoms with Gasteiger partial charge in [-0.3, -0.25) is 0 Å². The molecule has 0 saturated carbocycles. The Bertz CT molecular complexity index is 5660. The number of para-hydroxylation sites is 6. The van der Waals surface area contributed by atoms with Gasteiger partial charge >= 0.3 is 0 Å². The molecule has 0 saturated heterocycles. The second-order valence-corrected chi connectivity index (χ2v) is 23.1. The summed E-state index contributed by atoms with van der Waals surface area (Å²) >= 11 is 7.53. The second kappa shape index (κ2) is 21.6. The van der Waals surface area contributed by atoms with Crippen LogP contribution in [-0.4, -0.2) is 6.71 Å². The summed E-state index contributed by atoms with van der Waals surface area (Å²) in [5.74, 6) is 0. The molecule has 0 radical (unpaired) electrons. The van der Waals surface area contributed by atoms with Gasteiger partial charge in [0.05, 0.1) is 38.5 Å². The van der Waals surface area contributed by atoms with Crippen molar-refractivity contribution in [2.45, 2.75) is 13.7 Å². The molecule has 2 aromatic heterocycles. The number of hydrogen-bond acceptors (Lipinski definition) is 6. The Balaban J connectivity index is 0.000000145. The molecule has 2 aliphatic rings. The number of rotatable bonds is 8. The van der Waals surface area contributed by atoms with E-state index in [4.69, 9.17) is 28.7 Å². The summed E-state index contributed by atoms with van der Waals surface area (Å²) in [5, 5.41) is 7.73. The van der Waals surface area contributed by atoms with Crippen molar-refractivity contribution in [2.24, 2.45) is 0 Å². The number of halogens is 1. The van der Waals surface area contributed by atoms with Crippen LogP contribution >= 0.6 is 11.6 Å². The molecule has 0 bridgehead atoms. The maximum absolute atomic E-state index is 8.79. The van der Waals surface area contributed by atoms with Crippen LogP contribution in [0.25, 0.3) is 65.4 Å². The summed E-state index contributed by atoms with van der Waals surface area (Å²) < 4.78 is 64.9. The van der Waals surface area contributed by atoms with Crippen LogP contribution < -0.4 is 36.0 Å². The fourth-order valence-corrected chi connectivity index (χ4v) is 14.2. The van der Waals surface area contributed by atoms with E-state index in [0.29, 0.717) is 32.7 Å². The number of anilines is 12. The molecule has 426 valence electrons. The highest BCUT2D eigenvalue weighted by molar-refractivity contribution is 7.00. The normalized spacial score (nSPS) is 13.6. The van der Waals surface area contributed by atoms with Crippen molar-refractivity contribution in [1.29, 1.82) is 0 Å². The lowest BCUT2D eigenvalue weighted by Gasteiger charge is -2.44. The highest BCUT2D eigenvalue weighted by Crippen LogP contribution is 2.52. The predicted molar refractivity (Wildman–Crippen MR) is 380 cm³/mol. The van der Waals surface area contributed by atoms with Crippen LogP contribution in [0.15, 0.2) is 312 Å². The summed E-state index contributed by atoms with van der Waals surface area (Å²) in [5.41, 5.74) is 17.0. The van der Waals surface area contributed by atoms with Gasteiger partial charge in [-0.05, 0) is 161 Å². The molecule has 0 aliphatic carbocycles. The predicted octanol–water partition coefficient (Wildman–Crippen LogP) is 21.8. The largest absolute Gasteiger partial charge is 0.455 e. The van der Waals surface area contributed by atoms with E-state index in [9.17, 15) is 0 Å². The zero-order valence-corrected chi connectivity index (χ0v) is 49.2. The summed E-state index contributed by atoms with van der Waals surface area (Å²) in [6, 6.07) is 102. The molecule has 6 nitrogen and oxygen atoms in total. The maximum atomic E-state index is 8.79. The standard InChI is InChI=1S/C41H27BN2O.C41H29ClN2O/c1-26-25-33-39(37-31-24-23-27-13-8-9-18-30(27)41(31)45-40(26)37)44(29-16-6-3-7-17-29)36-22-12-21-35-38(36)42(33)32-19-10-11-20-34(32)43(35)28-14-4-2-5-15-28;1-28-24-27-35(38-34-26-25-29-14-11-12-21-33(29)41(34)45-40(28)38)44(32-19-9-4-10-20-32)37-23-13-22-36(39(37)42)43(30-15-5-2-6-16-30)31-17-7-3-8-18-31/h2-25H,1H3;2-27H,1H3/i2*1D3. The zero-order valence-electron chi connectivity index (χ0n) is 54.4. The Kier molecular flexibility index (Phi) is 11.2. The summed E-state index contributed by atoms with van der Waals surface area (Å²) in [6.07, 6.45) is 0. The van der Waals surface area contributed by atoms with Gasteiger partial charge in [0.2, 0.25) is 0 Å². The molecule has 0 spiro atoms. The first-order chi connectivity index (χ1) is 46.9. The lowest BCUT2D eigenvalue weighted by molar-refractivity contribution is 0.669. The van der Waals surface area contributed by atoms with Crippen LogP contribution in [0.2, 0.25) is 5.02 Å². The molecule has 14 aromatic carbocycles. The minimum absolute atomic E-state index is 0.161. The van der Waals surface area contributed by atoms with Crippen molar-refractivity contribution in [2.75, 3.05) is 19.6 Å². The van der Waals surface area contributed by atoms with Crippen molar-refractivity contribution in [3.8, 4) is 0 Å². The van der Waals surface area contributed by atoms with E-state index >= 15 is 0 Å². The number of aryl methyl sites for hydroxylation is 2. The minimum Gasteiger partial charge on any atom is -0.455 e. The molecule has 18 rings (SSSR count). The quantitative estimate of drug-likeness (QED) is 0.141. The third-order valence-corrected chi connectivity index (χ3v) is 18.1. The Morgan fingerprint density at radius 3 is 1.42 bits per heavy atom. The van der Waals surface area contributed by atoms with Crippen molar-refractivity contribution in [3.63, 3.8) is 0 Å². The van der Waals surface area contributed by atoms with Gasteiger partial charge in [0, 0.05) is 75.3 Å². The summed E-state index contributed by atoms with van der Waals surface area (Å²) in [7, 11) is 0. The van der Waals surface area contributed by atoms with Gasteiger partial charge in [-0.2, -0.15) is 0 Å². The number of furan rings is 2. The first-order valence-corrected chi connectivity index (χ1v) is 30.5. The Hall–Kier alpha value is -11.2. The minimum atomic E-state index is -2.40. The van der Waals surface area contributed by atoms with Crippen LogP contribution in [0.5, 0.6) is 0 Å². The van der Waals surface area contributed by atoms with Crippen LogP contribution in [-0.2, 0) is 0 Å². The van der Waals surface area contributed by atoms with Gasteiger partial charge in [-0.25, -0.2) is 0 Å². The zero-order chi connectivity index (χ0) is 65.0. The molecule has 0 amide bonds. The molecular formula is C82H56BClN4O2. The molecule has 90 heavy (non-hydrogen) atoms. The first-order valence-electron chi connectivity index (χ1n) is 33.1. The summed E-state index contributed by atoms with van der Waals surface area (Å²) in [4.78, 5) is 8.89. The van der Waals surface area contributed by atoms with Gasteiger partial charge in [0.25, 0.3) is 6.71 Å². The monoisotopic (exact) mass is 1180 g/mol. The van der Waals surface area contributed by atoms with E-state index in [1.54, 1.807) is 6.07 Å². The smallest absolute Gasteiger partial charge is 0.252 e. The molecular weight excluding hydrogens is 1120 g/mol. The van der Waals surface area contributed by atoms with Gasteiger partial charge < -0.3 is 28.4 Å². The van der Waals surface area contributed by atoms with Crippen molar-refractivity contribution < 1.29 is 17.1 Å². The number of fused-ring (bicyclic) bond motifs is 15. The number of benzene rings is 14. The third kappa shape index (κ3) is 8.42. The van der Waals surface area contributed by atoms with E-state index in [1.165, 1.54) is 0 Å². The van der Waals surface area contributed by atoms with Crippen LogP contribution in [0.3, 0.4) is 0 Å². The topological polar surface area (TPSA) is 39.2 Å². The molecule has 2 aliphatic heterocycles. The number of hydrogen-bond donors (Lipinski definition) is 0. The van der Waals surface area contributed by atoms with Gasteiger partial charge in [0.15, 0.2) is 0 Å². The van der Waals surface area contributed by atoms with Gasteiger partial charge in [-0.15, -0.1) is 0 Å². The lowest BCUT2D eigenvalue weighted by Crippen LogP contribution is -2.61. The summed E-state index contributed by atoms with van der Waals surface area (Å²) in [6.45, 7) is -5.00. The average Bonchev–Trinajstić information content (AvgIpc) is 1.32. The molecule has 16 aromatic rings. The van der Waals surface area contributed by atoms with E-state index in [2.05, 4.69) is 159 Å². The average molecular weight is 1180 g/mol. The maximum Gasteiger partial charge on any atom is 0.252 e. The Morgan fingerprint density at radius 1 is 0.356 bits per heavy atom. The third-order valence-electron chi connectivity index (χ3n) is 17.7. The fraction of sp³-hybridized carbons (Fsp3) is 0.0244. The van der Waals surface area contributed by atoms with E-state index in [-0.39, 0.29) is 17.8 Å². The lowest BCUT2D eigenvalue weighted by atomic mass is 9.33. The van der Waals surface area contributed by atoms with Gasteiger partial charge in [-0.1, -0.05) is 206 Å². The number of nitrogens with zero attached hydrogens (tertiary/aromatic N) is 4. The first kappa shape index (κ1) is 46.9. The molecule has 0 N–H and O–H groups in total. The van der Waals surface area contributed by atoms with Crippen molar-refractivity contribution in [3.05, 3.63) is 319 Å². The van der Waals surface area contributed by atoms with E-state index in [1.807, 2.05) is 158 Å². The highest BCUT2D eigenvalue weighted by atomic mass is 35.5. The second-order valence-electron chi connectivity index (χ2n) is 22.8. The van der Waals surface area contributed by atoms with Crippen LogP contribution in [0, 0.1) is 13.7 Å². The molecule has 8 heteroatoms. The van der Waals surface area contributed by atoms with Crippen LogP contribution in [0.1, 0.15) is 19.4 Å². The van der Waals surface area contributed by atoms with Crippen LogP contribution in [0.4, 0.5) is 68.2 Å². The molecule has 0 fully saturated rings. The van der Waals surface area contributed by atoms with Gasteiger partial charge in [0.1, 0.15) is 22.3 Å². The Labute approximate surface area is 535 Å². The SMILES string of the molecule is [2H]C([2H])([2H])c1cc2c(c3c1oc1c4ccccc4ccc13)N(c1ccccc1)c1cccc3c1B2c1ccccc1N3c1ccccc1.[2H]C([2H])([2H])c1ccc(N(c2ccccc2)c2cccc(N(c3ccccc3)c3ccccc3)c2Cl)c2c1oc1c3ccccc3ccc12. The molecule has 0 unspecified atom stereocenters. The fourth-order valence-electron chi connectivity index (χ4n) is 13.9. The molecule has 4 heterocycles. The van der Waals surface area contributed by atoms with Crippen molar-refractivity contribution >= 4 is 168 Å². The molecule has 0 atom stereocenters. The highest BCUT2D eigenvalue weighted by Gasteiger charge is 2.44. The van der Waals surface area contributed by atoms with E-state index in [0.717, 1.165) is 122 Å².